The number of aliphatic carboxylic acids is 1. The minimum Gasteiger partial charge on any atom is -0.481 e. The van der Waals surface area contributed by atoms with Gasteiger partial charge in [0, 0.05) is 4.47 Å². The maximum absolute atomic E-state index is 10.7. The van der Waals surface area contributed by atoms with Gasteiger partial charge in [0.25, 0.3) is 0 Å². The van der Waals surface area contributed by atoms with E-state index in [2.05, 4.69) is 15.9 Å². The lowest BCUT2D eigenvalue weighted by Crippen LogP contribution is -1.98. The molecular formula is C10H8BrClO2. The first-order chi connectivity index (χ1) is 6.59. The van der Waals surface area contributed by atoms with E-state index >= 15 is 0 Å². The van der Waals surface area contributed by atoms with Crippen LogP contribution in [-0.4, -0.2) is 11.1 Å². The number of carboxylic acids is 1. The molecule has 0 aliphatic heterocycles. The predicted molar refractivity (Wildman–Crippen MR) is 57.6 cm³/mol. The maximum Gasteiger partial charge on any atom is 0.307 e. The summed E-state index contributed by atoms with van der Waals surface area (Å²) in [5.74, 6) is -0.778. The summed E-state index contributed by atoms with van der Waals surface area (Å²) in [6.45, 7) is 0. The third kappa shape index (κ3) is 1.79. The van der Waals surface area contributed by atoms with E-state index < -0.39 is 5.97 Å². The molecule has 1 aliphatic carbocycles. The Kier molecular flexibility index (Phi) is 2.54. The fourth-order valence-electron chi connectivity index (χ4n) is 1.58. The molecule has 0 bridgehead atoms. The molecule has 1 saturated carbocycles. The largest absolute Gasteiger partial charge is 0.481 e. The highest BCUT2D eigenvalue weighted by Gasteiger charge is 2.44. The van der Waals surface area contributed by atoms with Crippen molar-refractivity contribution in [2.75, 3.05) is 0 Å². The Bertz CT molecular complexity index is 392. The van der Waals surface area contributed by atoms with Crippen molar-refractivity contribution in [2.45, 2.75) is 12.3 Å². The summed E-state index contributed by atoms with van der Waals surface area (Å²) >= 11 is 9.21. The predicted octanol–water partition coefficient (Wildman–Crippen LogP) is 3.29. The summed E-state index contributed by atoms with van der Waals surface area (Å²) < 4.78 is 0.843. The molecule has 1 fully saturated rings. The molecule has 0 radical (unpaired) electrons. The second-order valence-electron chi connectivity index (χ2n) is 3.46. The molecule has 0 heterocycles. The first-order valence-corrected chi connectivity index (χ1v) is 5.44. The first kappa shape index (κ1) is 9.99. The lowest BCUT2D eigenvalue weighted by molar-refractivity contribution is -0.138. The van der Waals surface area contributed by atoms with Crippen molar-refractivity contribution in [1.82, 2.24) is 0 Å². The van der Waals surface area contributed by atoms with E-state index in [-0.39, 0.29) is 11.8 Å². The van der Waals surface area contributed by atoms with Crippen LogP contribution in [-0.2, 0) is 4.79 Å². The summed E-state index contributed by atoms with van der Waals surface area (Å²) in [4.78, 5) is 10.7. The second-order valence-corrected chi connectivity index (χ2v) is 4.72. The number of hydrogen-bond acceptors (Lipinski definition) is 1. The monoisotopic (exact) mass is 274 g/mol. The number of carbonyl (C=O) groups is 1. The molecule has 2 unspecified atom stereocenters. The highest BCUT2D eigenvalue weighted by molar-refractivity contribution is 9.10. The molecule has 1 aliphatic rings. The van der Waals surface area contributed by atoms with Crippen molar-refractivity contribution in [3.05, 3.63) is 33.3 Å². The van der Waals surface area contributed by atoms with E-state index in [1.54, 1.807) is 0 Å². The Morgan fingerprint density at radius 1 is 1.57 bits per heavy atom. The first-order valence-electron chi connectivity index (χ1n) is 4.27. The van der Waals surface area contributed by atoms with Crippen molar-refractivity contribution in [2.24, 2.45) is 5.92 Å². The van der Waals surface area contributed by atoms with Gasteiger partial charge in [0.15, 0.2) is 0 Å². The van der Waals surface area contributed by atoms with Crippen LogP contribution in [0, 0.1) is 5.92 Å². The van der Waals surface area contributed by atoms with Gasteiger partial charge in [-0.1, -0.05) is 17.7 Å². The molecule has 74 valence electrons. The minimum atomic E-state index is -0.714. The fraction of sp³-hybridized carbons (Fsp3) is 0.300. The SMILES string of the molecule is O=C(O)C1CC1c1ccc(Br)c(Cl)c1. The van der Waals surface area contributed by atoms with E-state index in [9.17, 15) is 4.79 Å². The van der Waals surface area contributed by atoms with Crippen LogP contribution >= 0.6 is 27.5 Å². The van der Waals surface area contributed by atoms with Crippen LogP contribution in [0.1, 0.15) is 17.9 Å². The van der Waals surface area contributed by atoms with Gasteiger partial charge in [-0.25, -0.2) is 0 Å². The van der Waals surface area contributed by atoms with E-state index in [1.807, 2.05) is 18.2 Å². The zero-order valence-electron chi connectivity index (χ0n) is 7.21. The number of halogens is 2. The summed E-state index contributed by atoms with van der Waals surface area (Å²) in [5, 5.41) is 9.40. The molecule has 0 amide bonds. The van der Waals surface area contributed by atoms with Gasteiger partial charge < -0.3 is 5.11 Å². The molecule has 2 atom stereocenters. The van der Waals surface area contributed by atoms with Crippen LogP contribution in [0.15, 0.2) is 22.7 Å². The standard InChI is InChI=1S/C10H8BrClO2/c11-8-2-1-5(3-9(8)12)6-4-7(6)10(13)14/h1-3,6-7H,4H2,(H,13,14). The summed E-state index contributed by atoms with van der Waals surface area (Å²) in [7, 11) is 0. The van der Waals surface area contributed by atoms with E-state index in [0.717, 1.165) is 16.5 Å². The highest BCUT2D eigenvalue weighted by Crippen LogP contribution is 2.48. The van der Waals surface area contributed by atoms with Gasteiger partial charge in [-0.2, -0.15) is 0 Å². The number of hydrogen-bond donors (Lipinski definition) is 1. The van der Waals surface area contributed by atoms with Crippen molar-refractivity contribution >= 4 is 33.5 Å². The molecule has 14 heavy (non-hydrogen) atoms. The zero-order chi connectivity index (χ0) is 10.3. The van der Waals surface area contributed by atoms with Crippen molar-refractivity contribution in [3.63, 3.8) is 0 Å². The summed E-state index contributed by atoms with van der Waals surface area (Å²) in [5.41, 5.74) is 1.02. The van der Waals surface area contributed by atoms with Gasteiger partial charge in [-0.3, -0.25) is 4.79 Å². The lowest BCUT2D eigenvalue weighted by atomic mass is 10.1. The van der Waals surface area contributed by atoms with E-state index in [4.69, 9.17) is 16.7 Å². The minimum absolute atomic E-state index is 0.151. The molecular weight excluding hydrogens is 267 g/mol. The number of benzene rings is 1. The highest BCUT2D eigenvalue weighted by atomic mass is 79.9. The van der Waals surface area contributed by atoms with Crippen LogP contribution in [0.2, 0.25) is 5.02 Å². The molecule has 1 aromatic rings. The summed E-state index contributed by atoms with van der Waals surface area (Å²) in [6, 6.07) is 5.61. The Morgan fingerprint density at radius 3 is 2.79 bits per heavy atom. The molecule has 4 heteroatoms. The van der Waals surface area contributed by atoms with E-state index in [1.165, 1.54) is 0 Å². The van der Waals surface area contributed by atoms with Crippen LogP contribution < -0.4 is 0 Å². The van der Waals surface area contributed by atoms with Gasteiger partial charge in [-0.05, 0) is 46.0 Å². The van der Waals surface area contributed by atoms with Gasteiger partial charge in [0.05, 0.1) is 10.9 Å². The Balaban J connectivity index is 2.20. The van der Waals surface area contributed by atoms with Crippen molar-refractivity contribution in [1.29, 1.82) is 0 Å². The second kappa shape index (κ2) is 3.55. The average Bonchev–Trinajstić information content (AvgIpc) is 2.89. The smallest absolute Gasteiger partial charge is 0.307 e. The van der Waals surface area contributed by atoms with Gasteiger partial charge in [0.1, 0.15) is 0 Å². The molecule has 1 aromatic carbocycles. The third-order valence-corrected chi connectivity index (χ3v) is 3.71. The van der Waals surface area contributed by atoms with Crippen molar-refractivity contribution < 1.29 is 9.90 Å². The van der Waals surface area contributed by atoms with Crippen LogP contribution in [0.3, 0.4) is 0 Å². The van der Waals surface area contributed by atoms with Crippen molar-refractivity contribution in [3.8, 4) is 0 Å². The van der Waals surface area contributed by atoms with E-state index in [0.29, 0.717) is 5.02 Å². The van der Waals surface area contributed by atoms with Crippen LogP contribution in [0.5, 0.6) is 0 Å². The van der Waals surface area contributed by atoms with Gasteiger partial charge in [-0.15, -0.1) is 0 Å². The molecule has 0 spiro atoms. The van der Waals surface area contributed by atoms with Crippen LogP contribution in [0.4, 0.5) is 0 Å². The Morgan fingerprint density at radius 2 is 2.29 bits per heavy atom. The average molecular weight is 276 g/mol. The summed E-state index contributed by atoms with van der Waals surface area (Å²) in [6.07, 6.45) is 0.729. The third-order valence-electron chi connectivity index (χ3n) is 2.48. The molecule has 2 nitrogen and oxygen atoms in total. The lowest BCUT2D eigenvalue weighted by Gasteiger charge is -2.01. The normalized spacial score (nSPS) is 24.7. The van der Waals surface area contributed by atoms with Gasteiger partial charge >= 0.3 is 5.97 Å². The van der Waals surface area contributed by atoms with Crippen LogP contribution in [0.25, 0.3) is 0 Å². The molecule has 2 rings (SSSR count). The Labute approximate surface area is 95.0 Å². The topological polar surface area (TPSA) is 37.3 Å². The number of carboxylic acid groups (broad SMARTS) is 1. The zero-order valence-corrected chi connectivity index (χ0v) is 9.55. The molecule has 0 saturated heterocycles. The maximum atomic E-state index is 10.7. The number of rotatable bonds is 2. The van der Waals surface area contributed by atoms with Gasteiger partial charge in [0.2, 0.25) is 0 Å². The molecule has 0 aromatic heterocycles. The Hall–Kier alpha value is -0.540. The fourth-order valence-corrected chi connectivity index (χ4v) is 2.01. The quantitative estimate of drug-likeness (QED) is 0.899. The molecule has 1 N–H and O–H groups in total.